The number of hydrogen-bond donors (Lipinski definition) is 1. The highest BCUT2D eigenvalue weighted by Crippen LogP contribution is 2.26. The Kier molecular flexibility index (Phi) is 17.1. The third-order valence-corrected chi connectivity index (χ3v) is 8.32. The van der Waals surface area contributed by atoms with Gasteiger partial charge in [-0.25, -0.2) is 4.79 Å². The zero-order valence-corrected chi connectivity index (χ0v) is 23.5. The molecular formula is C26H42NO9Si-. The zero-order chi connectivity index (χ0) is 27.4. The number of ether oxygens (including phenoxy) is 3. The van der Waals surface area contributed by atoms with Gasteiger partial charge in [0.05, 0.1) is 26.3 Å². The van der Waals surface area contributed by atoms with Gasteiger partial charge in [-0.05, 0) is 77.2 Å². The van der Waals surface area contributed by atoms with Crippen LogP contribution in [0.5, 0.6) is 11.5 Å². The summed E-state index contributed by atoms with van der Waals surface area (Å²) < 4.78 is 33.7. The predicted octanol–water partition coefficient (Wildman–Crippen LogP) is 3.56. The van der Waals surface area contributed by atoms with Crippen molar-refractivity contribution in [3.8, 4) is 11.5 Å². The number of alkyl carbamates (subject to hydrolysis) is 1. The number of carboxylic acid groups (broad SMARTS) is 1. The maximum absolute atomic E-state index is 11.9. The molecule has 1 rings (SSSR count). The van der Waals surface area contributed by atoms with Crippen LogP contribution in [0.15, 0.2) is 24.3 Å². The molecule has 0 bridgehead atoms. The lowest BCUT2D eigenvalue weighted by molar-refractivity contribution is -0.297. The summed E-state index contributed by atoms with van der Waals surface area (Å²) in [6.07, 6.45) is 6.11. The summed E-state index contributed by atoms with van der Waals surface area (Å²) in [6, 6.07) is 5.84. The van der Waals surface area contributed by atoms with Crippen molar-refractivity contribution in [1.82, 2.24) is 5.32 Å². The van der Waals surface area contributed by atoms with E-state index in [4.69, 9.17) is 27.5 Å². The number of carbonyl (C=O) groups excluding carboxylic acids is 2. The van der Waals surface area contributed by atoms with Crippen LogP contribution in [-0.4, -0.2) is 67.6 Å². The molecule has 0 saturated heterocycles. The molecule has 0 aliphatic rings. The number of aliphatic carboxylic acids is 1. The molecule has 0 atom stereocenters. The Morgan fingerprint density at radius 2 is 1.59 bits per heavy atom. The van der Waals surface area contributed by atoms with Gasteiger partial charge in [0, 0.05) is 44.0 Å². The van der Waals surface area contributed by atoms with E-state index in [0.29, 0.717) is 69.1 Å². The summed E-state index contributed by atoms with van der Waals surface area (Å²) in [7, 11) is -1.17. The van der Waals surface area contributed by atoms with E-state index in [-0.39, 0.29) is 0 Å². The first-order valence-electron chi connectivity index (χ1n) is 12.9. The number of methoxy groups -OCH3 is 1. The molecule has 0 spiro atoms. The Morgan fingerprint density at radius 1 is 0.946 bits per heavy atom. The summed E-state index contributed by atoms with van der Waals surface area (Å²) in [5.41, 5.74) is 0.625. The number of carbonyl (C=O) groups is 2. The van der Waals surface area contributed by atoms with Crippen molar-refractivity contribution in [2.45, 2.75) is 58.9 Å². The van der Waals surface area contributed by atoms with Gasteiger partial charge < -0.3 is 42.7 Å². The number of amides is 1. The van der Waals surface area contributed by atoms with Crippen LogP contribution in [0.3, 0.4) is 0 Å². The van der Waals surface area contributed by atoms with Crippen molar-refractivity contribution in [2.75, 3.05) is 46.7 Å². The lowest BCUT2D eigenvalue weighted by atomic mass is 10.1. The molecule has 11 heteroatoms. The van der Waals surface area contributed by atoms with Crippen molar-refractivity contribution in [1.29, 1.82) is 0 Å². The van der Waals surface area contributed by atoms with Crippen LogP contribution in [-0.2, 0) is 22.8 Å². The second-order valence-corrected chi connectivity index (χ2v) is 10.7. The van der Waals surface area contributed by atoms with Crippen molar-refractivity contribution in [3.63, 3.8) is 0 Å². The molecule has 37 heavy (non-hydrogen) atoms. The molecular weight excluding hydrogens is 498 g/mol. The second kappa shape index (κ2) is 19.5. The Labute approximate surface area is 221 Å². The van der Waals surface area contributed by atoms with E-state index in [1.54, 1.807) is 18.2 Å². The molecule has 1 aromatic rings. The van der Waals surface area contributed by atoms with Crippen LogP contribution < -0.4 is 19.9 Å². The fourth-order valence-electron chi connectivity index (χ4n) is 3.54. The van der Waals surface area contributed by atoms with Crippen LogP contribution in [0.4, 0.5) is 4.79 Å². The minimum atomic E-state index is -2.68. The molecule has 0 aliphatic carbocycles. The Balaban J connectivity index is 2.17. The van der Waals surface area contributed by atoms with Crippen LogP contribution in [0.1, 0.15) is 58.4 Å². The average Bonchev–Trinajstić information content (AvgIpc) is 2.87. The topological polar surface area (TPSA) is 125 Å². The number of nitrogens with one attached hydrogen (secondary N) is 1. The SMILES string of the molecule is CCO[Si](CCCNC(=O)OCCCCCCOc1ccc(/C=C/C(=O)[O-])c(OC)c1)(OCC)OCC. The largest absolute Gasteiger partial charge is 0.545 e. The number of benzene rings is 1. The van der Waals surface area contributed by atoms with Crippen LogP contribution in [0.25, 0.3) is 6.08 Å². The highest BCUT2D eigenvalue weighted by molar-refractivity contribution is 6.60. The third-order valence-electron chi connectivity index (χ3n) is 5.17. The second-order valence-electron chi connectivity index (χ2n) is 7.97. The first-order chi connectivity index (χ1) is 17.9. The normalized spacial score (nSPS) is 11.5. The lowest BCUT2D eigenvalue weighted by Gasteiger charge is -2.28. The maximum atomic E-state index is 11.9. The van der Waals surface area contributed by atoms with Crippen LogP contribution in [0, 0.1) is 0 Å². The number of rotatable bonds is 21. The van der Waals surface area contributed by atoms with Gasteiger partial charge in [-0.3, -0.25) is 0 Å². The van der Waals surface area contributed by atoms with Crippen molar-refractivity contribution in [3.05, 3.63) is 29.8 Å². The molecule has 0 radical (unpaired) electrons. The highest BCUT2D eigenvalue weighted by atomic mass is 28.4. The molecule has 0 aliphatic heterocycles. The lowest BCUT2D eigenvalue weighted by Crippen LogP contribution is -2.46. The quantitative estimate of drug-likeness (QED) is 0.142. The van der Waals surface area contributed by atoms with E-state index in [9.17, 15) is 14.7 Å². The van der Waals surface area contributed by atoms with E-state index in [0.717, 1.165) is 31.8 Å². The Hall–Kier alpha value is -2.60. The molecule has 0 fully saturated rings. The molecule has 210 valence electrons. The molecule has 10 nitrogen and oxygen atoms in total. The van der Waals surface area contributed by atoms with Crippen LogP contribution >= 0.6 is 0 Å². The van der Waals surface area contributed by atoms with Gasteiger partial charge in [-0.2, -0.15) is 0 Å². The van der Waals surface area contributed by atoms with E-state index >= 15 is 0 Å². The van der Waals surface area contributed by atoms with E-state index in [1.165, 1.54) is 13.2 Å². The van der Waals surface area contributed by atoms with Gasteiger partial charge in [0.25, 0.3) is 0 Å². The number of carboxylic acids is 1. The average molecular weight is 541 g/mol. The van der Waals surface area contributed by atoms with E-state index in [1.807, 2.05) is 20.8 Å². The number of hydrogen-bond acceptors (Lipinski definition) is 9. The highest BCUT2D eigenvalue weighted by Gasteiger charge is 2.39. The molecule has 0 heterocycles. The third kappa shape index (κ3) is 14.1. The fraction of sp³-hybridized carbons (Fsp3) is 0.615. The zero-order valence-electron chi connectivity index (χ0n) is 22.5. The maximum Gasteiger partial charge on any atom is 0.500 e. The molecule has 0 unspecified atom stereocenters. The van der Waals surface area contributed by atoms with E-state index < -0.39 is 20.9 Å². The first kappa shape index (κ1) is 32.4. The summed E-state index contributed by atoms with van der Waals surface area (Å²) in [6.45, 7) is 8.71. The molecule has 0 saturated carbocycles. The van der Waals surface area contributed by atoms with Crippen LogP contribution in [0.2, 0.25) is 6.04 Å². The smallest absolute Gasteiger partial charge is 0.500 e. The Morgan fingerprint density at radius 3 is 2.19 bits per heavy atom. The summed E-state index contributed by atoms with van der Waals surface area (Å²) in [4.78, 5) is 22.5. The van der Waals surface area contributed by atoms with Gasteiger partial charge >= 0.3 is 14.9 Å². The fourth-order valence-corrected chi connectivity index (χ4v) is 6.15. The Bertz CT molecular complexity index is 802. The summed E-state index contributed by atoms with van der Waals surface area (Å²) in [5, 5.41) is 13.3. The predicted molar refractivity (Wildman–Crippen MR) is 140 cm³/mol. The first-order valence-corrected chi connectivity index (χ1v) is 14.8. The molecule has 1 N–H and O–H groups in total. The van der Waals surface area contributed by atoms with Gasteiger partial charge in [0.15, 0.2) is 0 Å². The summed E-state index contributed by atoms with van der Waals surface area (Å²) in [5.74, 6) is -0.106. The minimum absolute atomic E-state index is 0.361. The molecule has 1 aromatic carbocycles. The van der Waals surface area contributed by atoms with Crippen molar-refractivity contribution < 1.29 is 42.2 Å². The van der Waals surface area contributed by atoms with Gasteiger partial charge in [0.2, 0.25) is 0 Å². The number of unbranched alkanes of at least 4 members (excludes halogenated alkanes) is 3. The van der Waals surface area contributed by atoms with Gasteiger partial charge in [0.1, 0.15) is 11.5 Å². The van der Waals surface area contributed by atoms with E-state index in [2.05, 4.69) is 5.32 Å². The minimum Gasteiger partial charge on any atom is -0.545 e. The molecule has 1 amide bonds. The van der Waals surface area contributed by atoms with Gasteiger partial charge in [-0.1, -0.05) is 0 Å². The summed E-state index contributed by atoms with van der Waals surface area (Å²) >= 11 is 0. The van der Waals surface area contributed by atoms with Gasteiger partial charge in [-0.15, -0.1) is 0 Å². The molecule has 0 aromatic heterocycles. The monoisotopic (exact) mass is 540 g/mol. The standard InChI is InChI=1S/C26H43NO9Si/c1-5-34-37(35-6-2,36-7-3)20-12-17-27-26(30)33-19-11-9-8-10-18-32-23-15-13-22(14-16-25(28)29)24(21-23)31-4/h13-16,21H,5-12,17-20H2,1-4H3,(H,27,30)(H,28,29)/p-1/b16-14+. The van der Waals surface area contributed by atoms with Crippen molar-refractivity contribution in [2.24, 2.45) is 0 Å². The van der Waals surface area contributed by atoms with Crippen molar-refractivity contribution >= 4 is 26.9 Å².